The maximum Gasteiger partial charge on any atom is 0.140 e. The number of para-hydroxylation sites is 3. The van der Waals surface area contributed by atoms with E-state index >= 15 is 0 Å². The Morgan fingerprint density at radius 2 is 1.54 bits per heavy atom. The van der Waals surface area contributed by atoms with Crippen LogP contribution in [0.2, 0.25) is 0 Å². The summed E-state index contributed by atoms with van der Waals surface area (Å²) in [6, 6.07) is 30.8. The first kappa shape index (κ1) is 25.4. The summed E-state index contributed by atoms with van der Waals surface area (Å²) in [7, 11) is 0. The number of furan rings is 1. The van der Waals surface area contributed by atoms with Gasteiger partial charge in [-0.2, -0.15) is 0 Å². The second-order valence-corrected chi connectivity index (χ2v) is 10.6. The van der Waals surface area contributed by atoms with Crippen molar-refractivity contribution < 1.29 is 24.5 Å². The zero-order chi connectivity index (χ0) is 24.8. The van der Waals surface area contributed by atoms with E-state index in [0.29, 0.717) is 11.8 Å². The normalized spacial score (nSPS) is 11.7. The third-order valence-electron chi connectivity index (χ3n) is 6.77. The van der Waals surface area contributed by atoms with Gasteiger partial charge in [-0.1, -0.05) is 58.0 Å². The minimum absolute atomic E-state index is 0. The number of hydrogen-bond acceptors (Lipinski definition) is 2. The molecule has 0 amide bonds. The Balaban J connectivity index is 0.00000280. The van der Waals surface area contributed by atoms with E-state index in [9.17, 15) is 0 Å². The van der Waals surface area contributed by atoms with Crippen LogP contribution in [0.15, 0.2) is 83.3 Å². The van der Waals surface area contributed by atoms with Crippen LogP contribution in [-0.2, 0) is 32.9 Å². The van der Waals surface area contributed by atoms with Crippen LogP contribution in [0.5, 0.6) is 0 Å². The van der Waals surface area contributed by atoms with Gasteiger partial charge in [-0.15, -0.1) is 35.9 Å². The zero-order valence-electron chi connectivity index (χ0n) is 21.7. The van der Waals surface area contributed by atoms with Crippen molar-refractivity contribution in [2.75, 3.05) is 0 Å². The molecule has 2 heterocycles. The molecule has 0 saturated heterocycles. The Morgan fingerprint density at radius 3 is 2.30 bits per heavy atom. The smallest absolute Gasteiger partial charge is 0.140 e. The molecule has 4 aromatic carbocycles. The molecule has 6 rings (SSSR count). The Hall–Kier alpha value is -3.20. The number of imidazole rings is 1. The van der Waals surface area contributed by atoms with Gasteiger partial charge in [-0.3, -0.25) is 4.98 Å². The van der Waals surface area contributed by atoms with Crippen molar-refractivity contribution in [1.82, 2.24) is 9.55 Å². The summed E-state index contributed by atoms with van der Waals surface area (Å²) in [4.78, 5) is 5.12. The predicted octanol–water partition coefficient (Wildman–Crippen LogP) is 8.79. The number of hydrogen-bond donors (Lipinski definition) is 0. The maximum atomic E-state index is 6.60. The number of benzene rings is 4. The summed E-state index contributed by atoms with van der Waals surface area (Å²) < 4.78 is 8.95. The minimum Gasteiger partial charge on any atom is -0.456 e. The van der Waals surface area contributed by atoms with E-state index in [1.165, 1.54) is 22.2 Å². The summed E-state index contributed by atoms with van der Waals surface area (Å²) in [5.74, 6) is 1.94. The number of aromatic nitrogens is 2. The summed E-state index contributed by atoms with van der Waals surface area (Å²) in [5, 5.41) is 2.33. The second-order valence-electron chi connectivity index (χ2n) is 10.6. The van der Waals surface area contributed by atoms with Crippen molar-refractivity contribution in [2.45, 2.75) is 40.5 Å². The van der Waals surface area contributed by atoms with Gasteiger partial charge >= 0.3 is 0 Å². The summed E-state index contributed by atoms with van der Waals surface area (Å²) >= 11 is 0. The molecule has 0 aliphatic rings. The first-order valence-electron chi connectivity index (χ1n) is 12.9. The van der Waals surface area contributed by atoms with Crippen molar-refractivity contribution in [1.29, 1.82) is 0 Å². The molecule has 0 fully saturated rings. The molecule has 6 aromatic rings. The van der Waals surface area contributed by atoms with E-state index in [2.05, 4.69) is 105 Å². The van der Waals surface area contributed by atoms with Gasteiger partial charge in [0.15, 0.2) is 0 Å². The van der Waals surface area contributed by atoms with E-state index < -0.39 is 0 Å². The SMILES string of the molecule is CC(C)Cc1cc(CC(C)C)c2oc3ccccc3c2c1-n1c(-c2[c-]cccc2)nc2ccccc21.[Ir]. The van der Waals surface area contributed by atoms with E-state index in [-0.39, 0.29) is 20.1 Å². The molecule has 3 nitrogen and oxygen atoms in total. The first-order chi connectivity index (χ1) is 17.5. The van der Waals surface area contributed by atoms with Crippen molar-refractivity contribution in [2.24, 2.45) is 11.8 Å². The third-order valence-corrected chi connectivity index (χ3v) is 6.77. The maximum absolute atomic E-state index is 6.60. The van der Waals surface area contributed by atoms with Crippen LogP contribution < -0.4 is 0 Å². The average molecular weight is 664 g/mol. The molecule has 2 aromatic heterocycles. The number of fused-ring (bicyclic) bond motifs is 4. The molecule has 1 radical (unpaired) electrons. The minimum atomic E-state index is 0. The van der Waals surface area contributed by atoms with Gasteiger partial charge in [0.25, 0.3) is 0 Å². The quantitative estimate of drug-likeness (QED) is 0.167. The molecule has 0 bridgehead atoms. The van der Waals surface area contributed by atoms with Crippen LogP contribution in [-0.4, -0.2) is 9.55 Å². The molecule has 0 saturated carbocycles. The molecule has 0 atom stereocenters. The fourth-order valence-corrected chi connectivity index (χ4v) is 5.42. The molecule has 0 spiro atoms. The van der Waals surface area contributed by atoms with Gasteiger partial charge < -0.3 is 8.98 Å². The molecular formula is C33H31IrN2O-. The summed E-state index contributed by atoms with van der Waals surface area (Å²) in [5.41, 5.74) is 8.78. The van der Waals surface area contributed by atoms with Crippen molar-refractivity contribution in [3.05, 3.63) is 96.1 Å². The Bertz CT molecular complexity index is 1690. The van der Waals surface area contributed by atoms with Gasteiger partial charge in [0, 0.05) is 25.5 Å². The van der Waals surface area contributed by atoms with Gasteiger partial charge in [0.1, 0.15) is 11.2 Å². The van der Waals surface area contributed by atoms with E-state index in [4.69, 9.17) is 9.40 Å². The Kier molecular flexibility index (Phi) is 7.07. The molecule has 0 N–H and O–H groups in total. The summed E-state index contributed by atoms with van der Waals surface area (Å²) in [6.07, 6.45) is 1.95. The van der Waals surface area contributed by atoms with Crippen molar-refractivity contribution >= 4 is 33.0 Å². The Labute approximate surface area is 231 Å². The summed E-state index contributed by atoms with van der Waals surface area (Å²) in [6.45, 7) is 9.14. The molecule has 0 aliphatic carbocycles. The first-order valence-corrected chi connectivity index (χ1v) is 12.9. The Morgan fingerprint density at radius 1 is 0.838 bits per heavy atom. The number of nitrogens with zero attached hydrogens (tertiary/aromatic N) is 2. The van der Waals surface area contributed by atoms with E-state index in [1.54, 1.807) is 0 Å². The largest absolute Gasteiger partial charge is 0.456 e. The van der Waals surface area contributed by atoms with Crippen LogP contribution in [0, 0.1) is 17.9 Å². The van der Waals surface area contributed by atoms with Crippen LogP contribution in [0.1, 0.15) is 38.8 Å². The molecule has 37 heavy (non-hydrogen) atoms. The van der Waals surface area contributed by atoms with E-state index in [0.717, 1.165) is 51.8 Å². The molecule has 189 valence electrons. The van der Waals surface area contributed by atoms with Gasteiger partial charge in [-0.25, -0.2) is 0 Å². The van der Waals surface area contributed by atoms with Crippen LogP contribution >= 0.6 is 0 Å². The molecule has 0 unspecified atom stereocenters. The fourth-order valence-electron chi connectivity index (χ4n) is 5.42. The van der Waals surface area contributed by atoms with Crippen molar-refractivity contribution in [3.63, 3.8) is 0 Å². The molecule has 4 heteroatoms. The molecule has 0 aliphatic heterocycles. The van der Waals surface area contributed by atoms with Gasteiger partial charge in [-0.05, 0) is 60.1 Å². The van der Waals surface area contributed by atoms with Crippen LogP contribution in [0.25, 0.3) is 50.0 Å². The van der Waals surface area contributed by atoms with Gasteiger partial charge in [0.2, 0.25) is 0 Å². The van der Waals surface area contributed by atoms with Gasteiger partial charge in [0.05, 0.1) is 27.9 Å². The average Bonchev–Trinajstić information content (AvgIpc) is 3.44. The standard InChI is InChI=1S/C33H31N2O.Ir/c1-21(2)18-24-20-25(19-22(3)4)32-30(26-14-8-11-17-29(26)36-32)31(24)35-28-16-10-9-15-27(28)34-33(35)23-12-6-5-7-13-23;/h5-12,14-17,20-22H,18-19H2,1-4H3;/q-1;. The monoisotopic (exact) mass is 664 g/mol. The zero-order valence-corrected chi connectivity index (χ0v) is 24.1. The van der Waals surface area contributed by atoms with E-state index in [1.807, 2.05) is 12.1 Å². The predicted molar refractivity (Wildman–Crippen MR) is 150 cm³/mol. The number of rotatable bonds is 6. The van der Waals surface area contributed by atoms with Crippen LogP contribution in [0.4, 0.5) is 0 Å². The van der Waals surface area contributed by atoms with Crippen molar-refractivity contribution in [3.8, 4) is 17.1 Å². The third kappa shape index (κ3) is 4.54. The second kappa shape index (κ2) is 10.3. The fraction of sp³-hybridized carbons (Fsp3) is 0.242. The topological polar surface area (TPSA) is 31.0 Å². The molecular weight excluding hydrogens is 633 g/mol. The van der Waals surface area contributed by atoms with Crippen LogP contribution in [0.3, 0.4) is 0 Å².